The molecule has 1 heterocycles. The fourth-order valence-corrected chi connectivity index (χ4v) is 10.7. The van der Waals surface area contributed by atoms with Crippen molar-refractivity contribution in [3.8, 4) is 50.2 Å². The number of anilines is 6. The third kappa shape index (κ3) is 8.19. The maximum absolute atomic E-state index is 2.43. The van der Waals surface area contributed by atoms with E-state index in [1.54, 1.807) is 0 Å². The van der Waals surface area contributed by atoms with Gasteiger partial charge in [-0.15, -0.1) is 0 Å². The molecular weight excluding hydrogens is 883 g/mol. The minimum Gasteiger partial charge on any atom is -0.310 e. The summed E-state index contributed by atoms with van der Waals surface area (Å²) in [5.41, 5.74) is 19.5. The highest BCUT2D eigenvalue weighted by Gasteiger charge is 2.21. The molecule has 0 amide bonds. The Morgan fingerprint density at radius 1 is 0.219 bits per heavy atom. The molecule has 12 aromatic carbocycles. The van der Waals surface area contributed by atoms with Gasteiger partial charge in [0.05, 0.1) is 16.7 Å². The summed E-state index contributed by atoms with van der Waals surface area (Å²) in [6.45, 7) is 0. The fraction of sp³-hybridized carbons (Fsp3) is 0. The Hall–Kier alpha value is -9.70. The molecule has 0 aliphatic rings. The Balaban J connectivity index is 0.923. The van der Waals surface area contributed by atoms with Crippen LogP contribution in [0.25, 0.3) is 82.8 Å². The maximum Gasteiger partial charge on any atom is 0.0542 e. The molecule has 0 bridgehead atoms. The van der Waals surface area contributed by atoms with Crippen LogP contribution in [0.3, 0.4) is 0 Å². The zero-order valence-corrected chi connectivity index (χ0v) is 40.1. The van der Waals surface area contributed by atoms with Crippen molar-refractivity contribution in [1.29, 1.82) is 0 Å². The van der Waals surface area contributed by atoms with Gasteiger partial charge in [-0.25, -0.2) is 0 Å². The summed E-state index contributed by atoms with van der Waals surface area (Å²) in [4.78, 5) is 4.80. The van der Waals surface area contributed by atoms with Crippen LogP contribution in [0, 0.1) is 0 Å². The monoisotopic (exact) mass is 931 g/mol. The highest BCUT2D eigenvalue weighted by atomic mass is 15.1. The smallest absolute Gasteiger partial charge is 0.0542 e. The van der Waals surface area contributed by atoms with Crippen LogP contribution in [-0.4, -0.2) is 4.57 Å². The number of hydrogen-bond donors (Lipinski definition) is 0. The minimum absolute atomic E-state index is 1.08. The van der Waals surface area contributed by atoms with E-state index in [2.05, 4.69) is 312 Å². The largest absolute Gasteiger partial charge is 0.310 e. The van der Waals surface area contributed by atoms with Gasteiger partial charge < -0.3 is 14.4 Å². The summed E-state index contributed by atoms with van der Waals surface area (Å²) >= 11 is 0. The lowest BCUT2D eigenvalue weighted by Gasteiger charge is -2.28. The average Bonchev–Trinajstić information content (AvgIpc) is 3.80. The summed E-state index contributed by atoms with van der Waals surface area (Å²) < 4.78 is 2.38. The van der Waals surface area contributed by atoms with Crippen molar-refractivity contribution in [2.24, 2.45) is 0 Å². The van der Waals surface area contributed by atoms with Crippen LogP contribution in [0.2, 0.25) is 0 Å². The molecule has 3 nitrogen and oxygen atoms in total. The molecule has 0 radical (unpaired) electrons. The highest BCUT2D eigenvalue weighted by Crippen LogP contribution is 2.45. The van der Waals surface area contributed by atoms with Crippen LogP contribution < -0.4 is 9.80 Å². The van der Waals surface area contributed by atoms with Crippen LogP contribution in [0.15, 0.2) is 297 Å². The Labute approximate surface area is 426 Å². The van der Waals surface area contributed by atoms with Crippen LogP contribution in [0.5, 0.6) is 0 Å². The van der Waals surface area contributed by atoms with Crippen molar-refractivity contribution in [1.82, 2.24) is 4.57 Å². The van der Waals surface area contributed by atoms with Crippen LogP contribution in [-0.2, 0) is 0 Å². The zero-order chi connectivity index (χ0) is 48.5. The predicted octanol–water partition coefficient (Wildman–Crippen LogP) is 19.5. The Kier molecular flexibility index (Phi) is 11.2. The van der Waals surface area contributed by atoms with Gasteiger partial charge in [0.25, 0.3) is 0 Å². The molecule has 0 fully saturated rings. The first-order valence-corrected chi connectivity index (χ1v) is 25.0. The number of rotatable bonds is 11. The zero-order valence-electron chi connectivity index (χ0n) is 40.1. The van der Waals surface area contributed by atoms with Gasteiger partial charge in [0.15, 0.2) is 0 Å². The molecule has 0 aliphatic heterocycles. The number of aromatic nitrogens is 1. The molecule has 0 saturated carbocycles. The first-order chi connectivity index (χ1) is 36.2. The van der Waals surface area contributed by atoms with Crippen molar-refractivity contribution >= 4 is 66.7 Å². The van der Waals surface area contributed by atoms with Crippen molar-refractivity contribution in [2.45, 2.75) is 0 Å². The predicted molar refractivity (Wildman–Crippen MR) is 309 cm³/mol. The van der Waals surface area contributed by atoms with Gasteiger partial charge in [-0.2, -0.15) is 0 Å². The lowest BCUT2D eigenvalue weighted by molar-refractivity contribution is 1.18. The molecule has 344 valence electrons. The summed E-state index contributed by atoms with van der Waals surface area (Å²) in [6.07, 6.45) is 0. The molecule has 0 spiro atoms. The van der Waals surface area contributed by atoms with E-state index in [-0.39, 0.29) is 0 Å². The standard InChI is InChI=1S/C70H49N3/c1-5-18-50(19-6-1)53-32-38-58(39-33-53)71(61-27-17-24-56(48-61)52-22-9-3-10-23-52)59-42-36-55(37-43-59)63-45-47-69(65-29-14-13-28-64(63)65)72(60-40-34-54(35-41-60)51-20-7-2-8-21-51)62-44-46-70-67(49-62)66-30-15-16-31-68(66)73(70)57-25-11-4-12-26-57/h1-49H. The van der Waals surface area contributed by atoms with Crippen molar-refractivity contribution in [2.75, 3.05) is 9.80 Å². The molecule has 0 N–H and O–H groups in total. The first kappa shape index (κ1) is 43.3. The third-order valence-corrected chi connectivity index (χ3v) is 14.2. The molecule has 3 heteroatoms. The maximum atomic E-state index is 2.43. The second-order valence-electron chi connectivity index (χ2n) is 18.5. The topological polar surface area (TPSA) is 11.4 Å². The van der Waals surface area contributed by atoms with Crippen LogP contribution in [0.1, 0.15) is 0 Å². The van der Waals surface area contributed by atoms with E-state index in [9.17, 15) is 0 Å². The van der Waals surface area contributed by atoms with Crippen molar-refractivity contribution < 1.29 is 0 Å². The summed E-state index contributed by atoms with van der Waals surface area (Å²) in [5, 5.41) is 4.78. The molecule has 13 aromatic rings. The number of benzene rings is 12. The van der Waals surface area contributed by atoms with Gasteiger partial charge in [-0.3, -0.25) is 0 Å². The summed E-state index contributed by atoms with van der Waals surface area (Å²) in [6, 6.07) is 108. The lowest BCUT2D eigenvalue weighted by Crippen LogP contribution is -2.11. The van der Waals surface area contributed by atoms with Gasteiger partial charge in [-0.1, -0.05) is 206 Å². The first-order valence-electron chi connectivity index (χ1n) is 25.0. The average molecular weight is 932 g/mol. The normalized spacial score (nSPS) is 11.3. The molecule has 1 aromatic heterocycles. The lowest BCUT2D eigenvalue weighted by atomic mass is 9.95. The molecule has 73 heavy (non-hydrogen) atoms. The van der Waals surface area contributed by atoms with Gasteiger partial charge >= 0.3 is 0 Å². The molecule has 0 unspecified atom stereocenters. The van der Waals surface area contributed by atoms with Gasteiger partial charge in [0.1, 0.15) is 0 Å². The molecular formula is C70H49N3. The number of para-hydroxylation sites is 2. The molecule has 0 atom stereocenters. The van der Waals surface area contributed by atoms with Crippen molar-refractivity contribution in [3.63, 3.8) is 0 Å². The minimum atomic E-state index is 1.08. The van der Waals surface area contributed by atoms with E-state index in [1.807, 2.05) is 0 Å². The highest BCUT2D eigenvalue weighted by molar-refractivity contribution is 6.12. The fourth-order valence-electron chi connectivity index (χ4n) is 10.7. The van der Waals surface area contributed by atoms with E-state index >= 15 is 0 Å². The molecule has 0 aliphatic carbocycles. The van der Waals surface area contributed by atoms with Gasteiger partial charge in [0, 0.05) is 50.3 Å². The van der Waals surface area contributed by atoms with E-state index in [0.717, 1.165) is 45.4 Å². The van der Waals surface area contributed by atoms with E-state index in [0.29, 0.717) is 0 Å². The number of nitrogens with zero attached hydrogens (tertiary/aromatic N) is 3. The third-order valence-electron chi connectivity index (χ3n) is 14.2. The SMILES string of the molecule is c1ccc(-c2ccc(N(c3ccc(-c4ccc(N(c5ccc(-c6ccccc6)cc5)c5ccc6c(c5)c5ccccc5n6-c5ccccc5)c5ccccc45)cc3)c3cccc(-c4ccccc4)c3)cc2)cc1. The second-order valence-corrected chi connectivity index (χ2v) is 18.5. The van der Waals surface area contributed by atoms with E-state index in [1.165, 1.54) is 71.5 Å². The second kappa shape index (κ2) is 18.9. The van der Waals surface area contributed by atoms with E-state index in [4.69, 9.17) is 0 Å². The van der Waals surface area contributed by atoms with Gasteiger partial charge in [-0.05, 0) is 141 Å². The molecule has 13 rings (SSSR count). The molecule has 0 saturated heterocycles. The van der Waals surface area contributed by atoms with E-state index < -0.39 is 0 Å². The quantitative estimate of drug-likeness (QED) is 0.128. The van der Waals surface area contributed by atoms with Gasteiger partial charge in [0.2, 0.25) is 0 Å². The Bertz CT molecular complexity index is 4030. The Morgan fingerprint density at radius 2 is 0.644 bits per heavy atom. The number of hydrogen-bond acceptors (Lipinski definition) is 2. The van der Waals surface area contributed by atoms with Crippen LogP contribution >= 0.6 is 0 Å². The van der Waals surface area contributed by atoms with Crippen LogP contribution in [0.4, 0.5) is 34.1 Å². The summed E-state index contributed by atoms with van der Waals surface area (Å²) in [7, 11) is 0. The number of fused-ring (bicyclic) bond motifs is 4. The summed E-state index contributed by atoms with van der Waals surface area (Å²) in [5.74, 6) is 0. The van der Waals surface area contributed by atoms with Crippen molar-refractivity contribution in [3.05, 3.63) is 297 Å². The Morgan fingerprint density at radius 3 is 1.25 bits per heavy atom.